The molecule has 0 spiro atoms. The van der Waals surface area contributed by atoms with Crippen molar-refractivity contribution < 1.29 is 0 Å². The second kappa shape index (κ2) is 6.30. The number of thiophene rings is 1. The minimum Gasteiger partial charge on any atom is -0.308 e. The number of piperazine rings is 1. The minimum absolute atomic E-state index is 0.224. The average molecular weight is 300 g/mol. The van der Waals surface area contributed by atoms with Crippen LogP contribution < -0.4 is 5.32 Å². The van der Waals surface area contributed by atoms with Crippen molar-refractivity contribution in [2.75, 3.05) is 13.1 Å². The molecule has 0 aliphatic carbocycles. The van der Waals surface area contributed by atoms with Gasteiger partial charge in [0.15, 0.2) is 0 Å². The van der Waals surface area contributed by atoms with Gasteiger partial charge in [-0.25, -0.2) is 0 Å². The summed E-state index contributed by atoms with van der Waals surface area (Å²) < 4.78 is 0. The molecule has 21 heavy (non-hydrogen) atoms. The molecular formula is C18H24N2S. The monoisotopic (exact) mass is 300 g/mol. The Morgan fingerprint density at radius 1 is 1.29 bits per heavy atom. The van der Waals surface area contributed by atoms with Crippen molar-refractivity contribution in [1.82, 2.24) is 10.2 Å². The largest absolute Gasteiger partial charge is 0.308 e. The van der Waals surface area contributed by atoms with Crippen molar-refractivity contribution in [3.8, 4) is 0 Å². The number of nitrogens with one attached hydrogen (secondary N) is 1. The van der Waals surface area contributed by atoms with Gasteiger partial charge in [-0.1, -0.05) is 37.3 Å². The van der Waals surface area contributed by atoms with Crippen LogP contribution in [-0.4, -0.2) is 23.5 Å². The van der Waals surface area contributed by atoms with Gasteiger partial charge in [0, 0.05) is 31.2 Å². The zero-order valence-electron chi connectivity index (χ0n) is 12.9. The van der Waals surface area contributed by atoms with Crippen molar-refractivity contribution in [1.29, 1.82) is 0 Å². The minimum atomic E-state index is 0.224. The molecule has 2 unspecified atom stereocenters. The van der Waals surface area contributed by atoms with Gasteiger partial charge < -0.3 is 5.32 Å². The van der Waals surface area contributed by atoms with E-state index in [1.54, 1.807) is 11.3 Å². The van der Waals surface area contributed by atoms with E-state index in [0.717, 1.165) is 26.1 Å². The van der Waals surface area contributed by atoms with Gasteiger partial charge in [0.05, 0.1) is 0 Å². The van der Waals surface area contributed by atoms with E-state index in [0.29, 0.717) is 6.04 Å². The maximum atomic E-state index is 3.76. The highest BCUT2D eigenvalue weighted by Crippen LogP contribution is 2.30. The molecule has 1 N–H and O–H groups in total. The Labute approximate surface area is 131 Å². The number of benzene rings is 1. The molecule has 112 valence electrons. The molecule has 1 aliphatic rings. The lowest BCUT2D eigenvalue weighted by molar-refractivity contribution is 0.0774. The third-order valence-corrected chi connectivity index (χ3v) is 5.38. The number of nitrogens with zero attached hydrogens (tertiary/aromatic N) is 1. The van der Waals surface area contributed by atoms with Crippen molar-refractivity contribution in [3.05, 3.63) is 58.3 Å². The second-order valence-corrected chi connectivity index (χ2v) is 7.04. The Hall–Kier alpha value is -1.16. The molecule has 1 saturated heterocycles. The number of rotatable bonds is 4. The van der Waals surface area contributed by atoms with Crippen molar-refractivity contribution in [2.24, 2.45) is 0 Å². The zero-order valence-corrected chi connectivity index (χ0v) is 13.7. The molecule has 1 aliphatic heterocycles. The summed E-state index contributed by atoms with van der Waals surface area (Å²) in [6, 6.07) is 13.6. The summed E-state index contributed by atoms with van der Waals surface area (Å²) in [7, 11) is 0. The lowest BCUT2D eigenvalue weighted by Crippen LogP contribution is -2.59. The summed E-state index contributed by atoms with van der Waals surface area (Å²) in [4.78, 5) is 2.64. The van der Waals surface area contributed by atoms with Gasteiger partial charge in [-0.3, -0.25) is 4.90 Å². The highest BCUT2D eigenvalue weighted by atomic mass is 32.1. The first-order chi connectivity index (χ1) is 10.2. The lowest BCUT2D eigenvalue weighted by atomic mass is 9.91. The maximum absolute atomic E-state index is 3.76. The van der Waals surface area contributed by atoms with E-state index in [1.807, 2.05) is 0 Å². The summed E-state index contributed by atoms with van der Waals surface area (Å²) in [6.45, 7) is 7.78. The van der Waals surface area contributed by atoms with Crippen LogP contribution in [0.2, 0.25) is 0 Å². The molecule has 3 rings (SSSR count). The van der Waals surface area contributed by atoms with Crippen LogP contribution in [0.25, 0.3) is 0 Å². The second-order valence-electron chi connectivity index (χ2n) is 6.26. The first kappa shape index (κ1) is 14.8. The summed E-state index contributed by atoms with van der Waals surface area (Å²) in [5.41, 5.74) is 3.07. The standard InChI is InChI=1S/C18H24N2S/c1-3-18(2)14-20(12-15-9-10-21-13-15)17(11-19-18)16-7-5-4-6-8-16/h4-10,13,17,19H,3,11-12,14H2,1-2H3. The van der Waals surface area contributed by atoms with Gasteiger partial charge >= 0.3 is 0 Å². The van der Waals surface area contributed by atoms with Gasteiger partial charge in [-0.15, -0.1) is 0 Å². The molecular weight excluding hydrogens is 276 g/mol. The van der Waals surface area contributed by atoms with Crippen LogP contribution >= 0.6 is 11.3 Å². The molecule has 2 nitrogen and oxygen atoms in total. The molecule has 1 aromatic heterocycles. The smallest absolute Gasteiger partial charge is 0.0477 e. The van der Waals surface area contributed by atoms with E-state index in [9.17, 15) is 0 Å². The molecule has 1 aromatic carbocycles. The van der Waals surface area contributed by atoms with Gasteiger partial charge in [0.2, 0.25) is 0 Å². The summed E-state index contributed by atoms with van der Waals surface area (Å²) >= 11 is 1.79. The fourth-order valence-corrected chi connectivity index (χ4v) is 3.77. The first-order valence-corrected chi connectivity index (χ1v) is 8.69. The van der Waals surface area contributed by atoms with Crippen LogP contribution in [0.3, 0.4) is 0 Å². The van der Waals surface area contributed by atoms with E-state index in [4.69, 9.17) is 0 Å². The molecule has 2 heterocycles. The highest BCUT2D eigenvalue weighted by Gasteiger charge is 2.35. The summed E-state index contributed by atoms with van der Waals surface area (Å²) in [6.07, 6.45) is 1.16. The quantitative estimate of drug-likeness (QED) is 0.916. The van der Waals surface area contributed by atoms with Crippen LogP contribution in [0, 0.1) is 0 Å². The average Bonchev–Trinajstić information content (AvgIpc) is 3.01. The van der Waals surface area contributed by atoms with Crippen molar-refractivity contribution in [3.63, 3.8) is 0 Å². The van der Waals surface area contributed by atoms with E-state index >= 15 is 0 Å². The van der Waals surface area contributed by atoms with Crippen molar-refractivity contribution >= 4 is 11.3 Å². The van der Waals surface area contributed by atoms with E-state index < -0.39 is 0 Å². The maximum Gasteiger partial charge on any atom is 0.0477 e. The third kappa shape index (κ3) is 3.37. The van der Waals surface area contributed by atoms with Gasteiger partial charge in [-0.05, 0) is 41.3 Å². The zero-order chi connectivity index (χ0) is 14.7. The van der Waals surface area contributed by atoms with Crippen LogP contribution in [0.15, 0.2) is 47.2 Å². The highest BCUT2D eigenvalue weighted by molar-refractivity contribution is 7.07. The molecule has 0 radical (unpaired) electrons. The first-order valence-electron chi connectivity index (χ1n) is 7.75. The van der Waals surface area contributed by atoms with Gasteiger partial charge in [-0.2, -0.15) is 11.3 Å². The topological polar surface area (TPSA) is 15.3 Å². The fourth-order valence-electron chi connectivity index (χ4n) is 3.11. The molecule has 0 amide bonds. The SMILES string of the molecule is CCC1(C)CN(Cc2ccsc2)C(c2ccccc2)CN1. The Morgan fingerprint density at radius 3 is 2.76 bits per heavy atom. The molecule has 1 fully saturated rings. The predicted molar refractivity (Wildman–Crippen MR) is 90.6 cm³/mol. The van der Waals surface area contributed by atoms with Crippen molar-refractivity contribution in [2.45, 2.75) is 38.4 Å². The van der Waals surface area contributed by atoms with Gasteiger partial charge in [0.25, 0.3) is 0 Å². The molecule has 2 atom stereocenters. The Morgan fingerprint density at radius 2 is 2.10 bits per heavy atom. The van der Waals surface area contributed by atoms with E-state index in [1.165, 1.54) is 11.1 Å². The van der Waals surface area contributed by atoms with Gasteiger partial charge in [0.1, 0.15) is 0 Å². The number of hydrogen-bond donors (Lipinski definition) is 1. The molecule has 2 aromatic rings. The predicted octanol–water partition coefficient (Wildman–Crippen LogP) is 4.06. The van der Waals surface area contributed by atoms with Crippen LogP contribution in [-0.2, 0) is 6.54 Å². The molecule has 3 heteroatoms. The Bertz CT molecular complexity index is 552. The molecule has 0 bridgehead atoms. The molecule has 0 saturated carbocycles. The van der Waals surface area contributed by atoms with Crippen LogP contribution in [0.1, 0.15) is 37.4 Å². The lowest BCUT2D eigenvalue weighted by Gasteiger charge is -2.46. The van der Waals surface area contributed by atoms with Crippen LogP contribution in [0.5, 0.6) is 0 Å². The van der Waals surface area contributed by atoms with Crippen LogP contribution in [0.4, 0.5) is 0 Å². The summed E-state index contributed by atoms with van der Waals surface area (Å²) in [5.74, 6) is 0. The fraction of sp³-hybridized carbons (Fsp3) is 0.444. The Kier molecular flexibility index (Phi) is 4.43. The third-order valence-electron chi connectivity index (χ3n) is 4.65. The van der Waals surface area contributed by atoms with E-state index in [-0.39, 0.29) is 5.54 Å². The van der Waals surface area contributed by atoms with E-state index in [2.05, 4.69) is 71.2 Å². The Balaban J connectivity index is 1.84. The summed E-state index contributed by atoms with van der Waals surface area (Å²) in [5, 5.41) is 8.21. The number of hydrogen-bond acceptors (Lipinski definition) is 3. The normalized spacial score (nSPS) is 26.9.